The van der Waals surface area contributed by atoms with Gasteiger partial charge in [0.1, 0.15) is 12.4 Å². The van der Waals surface area contributed by atoms with Gasteiger partial charge in [-0.3, -0.25) is 24.2 Å². The first-order valence-electron chi connectivity index (χ1n) is 13.2. The second-order valence-corrected chi connectivity index (χ2v) is 11.1. The fourth-order valence-corrected chi connectivity index (χ4v) is 5.73. The second kappa shape index (κ2) is 13.0. The molecule has 1 N–H and O–H groups in total. The molecule has 204 valence electrons. The predicted molar refractivity (Wildman–Crippen MR) is 146 cm³/mol. The maximum Gasteiger partial charge on any atom is 0.306 e. The largest absolute Gasteiger partial charge is 0.490 e. The Balaban J connectivity index is 1.42. The normalized spacial score (nSPS) is 20.7. The van der Waals surface area contributed by atoms with Gasteiger partial charge in [-0.05, 0) is 73.9 Å². The van der Waals surface area contributed by atoms with Gasteiger partial charge < -0.3 is 9.84 Å². The van der Waals surface area contributed by atoms with Crippen molar-refractivity contribution in [3.63, 3.8) is 0 Å². The summed E-state index contributed by atoms with van der Waals surface area (Å²) in [6.45, 7) is 4.09. The highest BCUT2D eigenvalue weighted by atomic mass is 35.5. The molecule has 1 aliphatic heterocycles. The summed E-state index contributed by atoms with van der Waals surface area (Å²) >= 11 is 12.7. The molecule has 4 rings (SSSR count). The zero-order chi connectivity index (χ0) is 27.2. The summed E-state index contributed by atoms with van der Waals surface area (Å²) in [5.41, 5.74) is 2.19. The zero-order valence-electron chi connectivity index (χ0n) is 21.6. The molecule has 1 saturated heterocycles. The van der Waals surface area contributed by atoms with Crippen LogP contribution in [0.3, 0.4) is 0 Å². The van der Waals surface area contributed by atoms with Crippen LogP contribution in [0.4, 0.5) is 0 Å². The van der Waals surface area contributed by atoms with E-state index < -0.39 is 5.97 Å². The molecule has 7 nitrogen and oxygen atoms in total. The first-order chi connectivity index (χ1) is 18.2. The Morgan fingerprint density at radius 1 is 1.05 bits per heavy atom. The van der Waals surface area contributed by atoms with E-state index in [-0.39, 0.29) is 49.8 Å². The van der Waals surface area contributed by atoms with Crippen molar-refractivity contribution in [2.24, 2.45) is 11.8 Å². The Labute approximate surface area is 233 Å². The number of halogens is 2. The number of amides is 2. The van der Waals surface area contributed by atoms with Crippen LogP contribution in [-0.2, 0) is 20.9 Å². The van der Waals surface area contributed by atoms with Crippen molar-refractivity contribution < 1.29 is 24.2 Å². The topological polar surface area (TPSA) is 87.2 Å². The predicted octanol–water partition coefficient (Wildman–Crippen LogP) is 5.98. The molecule has 1 heterocycles. The van der Waals surface area contributed by atoms with E-state index in [1.54, 1.807) is 0 Å². The van der Waals surface area contributed by atoms with Crippen molar-refractivity contribution in [2.45, 2.75) is 58.0 Å². The highest BCUT2D eigenvalue weighted by Gasteiger charge is 2.29. The van der Waals surface area contributed by atoms with Crippen LogP contribution in [0.25, 0.3) is 0 Å². The number of hydrogen-bond acceptors (Lipinski definition) is 5. The molecule has 0 spiro atoms. The number of imide groups is 1. The van der Waals surface area contributed by atoms with Gasteiger partial charge in [0.15, 0.2) is 0 Å². The Hall–Kier alpha value is -2.61. The number of aliphatic carboxylic acids is 1. The van der Waals surface area contributed by atoms with E-state index in [0.717, 1.165) is 43.4 Å². The van der Waals surface area contributed by atoms with Crippen LogP contribution in [0.5, 0.6) is 5.75 Å². The fourth-order valence-electron chi connectivity index (χ4n) is 5.35. The smallest absolute Gasteiger partial charge is 0.306 e. The van der Waals surface area contributed by atoms with Gasteiger partial charge in [-0.25, -0.2) is 0 Å². The molecule has 2 aromatic rings. The lowest BCUT2D eigenvalue weighted by Crippen LogP contribution is -2.34. The van der Waals surface area contributed by atoms with Crippen molar-refractivity contribution in [3.8, 4) is 5.75 Å². The van der Waals surface area contributed by atoms with Gasteiger partial charge in [0, 0.05) is 37.0 Å². The molecular weight excluding hydrogens is 527 g/mol. The zero-order valence-corrected chi connectivity index (χ0v) is 23.1. The third kappa shape index (κ3) is 7.28. The third-order valence-electron chi connectivity index (χ3n) is 7.70. The van der Waals surface area contributed by atoms with Crippen molar-refractivity contribution in [2.75, 3.05) is 19.7 Å². The molecule has 0 aromatic heterocycles. The summed E-state index contributed by atoms with van der Waals surface area (Å²) in [5.74, 6) is -0.308. The number of ether oxygens (including phenoxy) is 1. The average Bonchev–Trinajstić information content (AvgIpc) is 3.22. The minimum absolute atomic E-state index is 0.120. The fraction of sp³-hybridized carbons (Fsp3) is 0.483. The molecule has 9 heteroatoms. The summed E-state index contributed by atoms with van der Waals surface area (Å²) in [4.78, 5) is 38.6. The first-order valence-corrected chi connectivity index (χ1v) is 13.9. The Morgan fingerprint density at radius 3 is 2.32 bits per heavy atom. The third-order valence-corrected chi connectivity index (χ3v) is 8.25. The van der Waals surface area contributed by atoms with Crippen molar-refractivity contribution >= 4 is 41.0 Å². The lowest BCUT2D eigenvalue weighted by atomic mass is 9.81. The number of likely N-dealkylation sites (tertiary alicyclic amines) is 1. The lowest BCUT2D eigenvalue weighted by molar-refractivity contribution is -0.143. The molecule has 2 fully saturated rings. The second-order valence-electron chi connectivity index (χ2n) is 10.3. The Morgan fingerprint density at radius 2 is 1.71 bits per heavy atom. The van der Waals surface area contributed by atoms with E-state index in [2.05, 4.69) is 11.8 Å². The Kier molecular flexibility index (Phi) is 9.69. The number of hydrogen-bond donors (Lipinski definition) is 1. The molecule has 1 atom stereocenters. The van der Waals surface area contributed by atoms with Gasteiger partial charge in [-0.2, -0.15) is 0 Å². The van der Waals surface area contributed by atoms with Crippen molar-refractivity contribution in [1.82, 2.24) is 9.80 Å². The SMILES string of the molecule is C[C@@H](c1ccc(Cl)cc1)N(Cc1ccc(OCCN2C(=O)CCC2=O)c(Cl)c1)CC1CCC(C(=O)O)CC1. The van der Waals surface area contributed by atoms with Gasteiger partial charge in [-0.15, -0.1) is 0 Å². The number of carbonyl (C=O) groups excluding carboxylic acids is 2. The van der Waals surface area contributed by atoms with Crippen LogP contribution in [0.15, 0.2) is 42.5 Å². The minimum Gasteiger partial charge on any atom is -0.490 e. The molecule has 0 unspecified atom stereocenters. The number of carboxylic acid groups (broad SMARTS) is 1. The summed E-state index contributed by atoms with van der Waals surface area (Å²) in [6.07, 6.45) is 3.76. The number of rotatable bonds is 11. The molecule has 38 heavy (non-hydrogen) atoms. The molecular formula is C29H34Cl2N2O5. The van der Waals surface area contributed by atoms with E-state index in [0.29, 0.717) is 28.3 Å². The van der Waals surface area contributed by atoms with Crippen LogP contribution in [-0.4, -0.2) is 52.4 Å². The molecule has 2 amide bonds. The van der Waals surface area contributed by atoms with Gasteiger partial charge >= 0.3 is 5.97 Å². The van der Waals surface area contributed by atoms with E-state index in [9.17, 15) is 19.5 Å². The van der Waals surface area contributed by atoms with Gasteiger partial charge in [-0.1, -0.05) is 41.4 Å². The van der Waals surface area contributed by atoms with Crippen LogP contribution >= 0.6 is 23.2 Å². The lowest BCUT2D eigenvalue weighted by Gasteiger charge is -2.35. The van der Waals surface area contributed by atoms with Gasteiger partial charge in [0.2, 0.25) is 11.8 Å². The van der Waals surface area contributed by atoms with E-state index in [1.807, 2.05) is 42.5 Å². The number of nitrogens with zero attached hydrogens (tertiary/aromatic N) is 2. The summed E-state index contributed by atoms with van der Waals surface area (Å²) in [6, 6.07) is 13.7. The van der Waals surface area contributed by atoms with Crippen LogP contribution in [0, 0.1) is 11.8 Å². The summed E-state index contributed by atoms with van der Waals surface area (Å²) in [5, 5.41) is 10.5. The van der Waals surface area contributed by atoms with Crippen LogP contribution < -0.4 is 4.74 Å². The first kappa shape index (κ1) is 28.4. The molecule has 0 radical (unpaired) electrons. The molecule has 2 aromatic carbocycles. The van der Waals surface area contributed by atoms with Crippen LogP contribution in [0.2, 0.25) is 10.0 Å². The van der Waals surface area contributed by atoms with E-state index >= 15 is 0 Å². The monoisotopic (exact) mass is 560 g/mol. The van der Waals surface area contributed by atoms with E-state index in [1.165, 1.54) is 4.90 Å². The van der Waals surface area contributed by atoms with E-state index in [4.69, 9.17) is 27.9 Å². The maximum absolute atomic E-state index is 11.8. The van der Waals surface area contributed by atoms with Gasteiger partial charge in [0.25, 0.3) is 0 Å². The molecule has 1 saturated carbocycles. The number of benzene rings is 2. The number of carbonyl (C=O) groups is 3. The van der Waals surface area contributed by atoms with Crippen molar-refractivity contribution in [1.29, 1.82) is 0 Å². The summed E-state index contributed by atoms with van der Waals surface area (Å²) in [7, 11) is 0. The molecule has 2 aliphatic rings. The average molecular weight is 562 g/mol. The highest BCUT2D eigenvalue weighted by Crippen LogP contribution is 2.34. The standard InChI is InChI=1S/C29H34Cl2N2O5/c1-19(22-7-9-24(30)10-8-22)32(17-20-2-5-23(6-3-20)29(36)37)18-21-4-11-26(25(31)16-21)38-15-14-33-27(34)12-13-28(33)35/h4,7-11,16,19-20,23H,2-3,5-6,12-15,17-18H2,1H3,(H,36,37)/t19-,20?,23?/m0/s1. The highest BCUT2D eigenvalue weighted by molar-refractivity contribution is 6.32. The van der Waals surface area contributed by atoms with Gasteiger partial charge in [0.05, 0.1) is 17.5 Å². The maximum atomic E-state index is 11.8. The van der Waals surface area contributed by atoms with Crippen LogP contribution in [0.1, 0.15) is 62.6 Å². The number of carboxylic acids is 1. The Bertz CT molecular complexity index is 1130. The quantitative estimate of drug-likeness (QED) is 0.340. The molecule has 1 aliphatic carbocycles. The summed E-state index contributed by atoms with van der Waals surface area (Å²) < 4.78 is 5.78. The molecule has 0 bridgehead atoms. The van der Waals surface area contributed by atoms with Crippen molar-refractivity contribution in [3.05, 3.63) is 63.6 Å². The minimum atomic E-state index is -0.689.